The van der Waals surface area contributed by atoms with Crippen molar-refractivity contribution in [1.82, 2.24) is 14.0 Å². The zero-order chi connectivity index (χ0) is 10.1. The zero-order valence-electron chi connectivity index (χ0n) is 9.67. The van der Waals surface area contributed by atoms with Crippen molar-refractivity contribution in [2.75, 3.05) is 47.3 Å². The van der Waals surface area contributed by atoms with Crippen LogP contribution in [-0.2, 0) is 0 Å². The molecule has 1 saturated heterocycles. The van der Waals surface area contributed by atoms with Crippen molar-refractivity contribution in [3.63, 3.8) is 0 Å². The van der Waals surface area contributed by atoms with Gasteiger partial charge in [0.15, 0.2) is 8.40 Å². The second kappa shape index (κ2) is 4.08. The molecule has 0 saturated carbocycles. The van der Waals surface area contributed by atoms with Crippen LogP contribution >= 0.6 is 0 Å². The molecule has 0 aromatic heterocycles. The van der Waals surface area contributed by atoms with Crippen LogP contribution in [0.1, 0.15) is 0 Å². The highest BCUT2D eigenvalue weighted by atomic mass is 28.3. The minimum atomic E-state index is -1.27. The van der Waals surface area contributed by atoms with Gasteiger partial charge in [-0.25, -0.2) is 0 Å². The standard InChI is InChI=1S/C9H23N3Si/c1-10-6-8-11(2)13(4,5)12(3)9-7-10/h6-9H2,1-5H3. The van der Waals surface area contributed by atoms with Crippen LogP contribution in [-0.4, -0.2) is 69.7 Å². The van der Waals surface area contributed by atoms with Crippen LogP contribution in [0.25, 0.3) is 0 Å². The fraction of sp³-hybridized carbons (Fsp3) is 1.00. The summed E-state index contributed by atoms with van der Waals surface area (Å²) in [6.45, 7) is 9.69. The molecule has 1 aliphatic heterocycles. The van der Waals surface area contributed by atoms with Gasteiger partial charge in [-0.2, -0.15) is 0 Å². The maximum atomic E-state index is 2.56. The maximum Gasteiger partial charge on any atom is 0.200 e. The predicted octanol–water partition coefficient (Wildman–Crippen LogP) is 0.497. The van der Waals surface area contributed by atoms with E-state index >= 15 is 0 Å². The number of likely N-dealkylation sites (N-methyl/N-ethyl adjacent to an activating group) is 3. The molecular formula is C9H23N3Si. The van der Waals surface area contributed by atoms with Crippen LogP contribution in [0.4, 0.5) is 0 Å². The summed E-state index contributed by atoms with van der Waals surface area (Å²) in [6.07, 6.45) is 0. The third kappa shape index (κ3) is 2.53. The van der Waals surface area contributed by atoms with Gasteiger partial charge < -0.3 is 14.0 Å². The van der Waals surface area contributed by atoms with E-state index < -0.39 is 8.40 Å². The molecule has 0 bridgehead atoms. The largest absolute Gasteiger partial charge is 0.313 e. The number of rotatable bonds is 0. The van der Waals surface area contributed by atoms with Gasteiger partial charge in [0, 0.05) is 26.2 Å². The molecule has 0 amide bonds. The van der Waals surface area contributed by atoms with E-state index in [0.29, 0.717) is 0 Å². The molecule has 0 aromatic rings. The molecule has 0 aromatic carbocycles. The van der Waals surface area contributed by atoms with Crippen LogP contribution < -0.4 is 0 Å². The molecule has 0 aliphatic carbocycles. The molecule has 0 spiro atoms. The summed E-state index contributed by atoms with van der Waals surface area (Å²) in [5.41, 5.74) is 0. The molecule has 1 heterocycles. The second-order valence-electron chi connectivity index (χ2n) is 4.64. The van der Waals surface area contributed by atoms with E-state index in [1.54, 1.807) is 0 Å². The van der Waals surface area contributed by atoms with Gasteiger partial charge in [0.25, 0.3) is 0 Å². The van der Waals surface area contributed by atoms with Gasteiger partial charge in [-0.1, -0.05) is 0 Å². The number of hydrogen-bond donors (Lipinski definition) is 0. The second-order valence-corrected chi connectivity index (χ2v) is 9.16. The molecule has 1 rings (SSSR count). The van der Waals surface area contributed by atoms with Gasteiger partial charge in [-0.05, 0) is 34.2 Å². The monoisotopic (exact) mass is 201 g/mol. The lowest BCUT2D eigenvalue weighted by Crippen LogP contribution is -2.62. The summed E-state index contributed by atoms with van der Waals surface area (Å²) in [6, 6.07) is 0. The first-order valence-corrected chi connectivity index (χ1v) is 7.95. The number of nitrogens with zero attached hydrogens (tertiary/aromatic N) is 3. The quantitative estimate of drug-likeness (QED) is 0.528. The Balaban J connectivity index is 2.65. The Kier molecular flexibility index (Phi) is 3.51. The van der Waals surface area contributed by atoms with Gasteiger partial charge in [-0.3, -0.25) is 0 Å². The summed E-state index contributed by atoms with van der Waals surface area (Å²) < 4.78 is 5.12. The topological polar surface area (TPSA) is 9.72 Å². The summed E-state index contributed by atoms with van der Waals surface area (Å²) in [5, 5.41) is 0. The van der Waals surface area contributed by atoms with Crippen LogP contribution in [0, 0.1) is 0 Å². The predicted molar refractivity (Wildman–Crippen MR) is 60.2 cm³/mol. The van der Waals surface area contributed by atoms with Crippen LogP contribution in [0.5, 0.6) is 0 Å². The van der Waals surface area contributed by atoms with Crippen molar-refractivity contribution >= 4 is 8.40 Å². The summed E-state index contributed by atoms with van der Waals surface area (Å²) in [4.78, 5) is 2.41. The van der Waals surface area contributed by atoms with Crippen molar-refractivity contribution in [1.29, 1.82) is 0 Å². The summed E-state index contributed by atoms with van der Waals surface area (Å²) in [7, 11) is 5.47. The third-order valence-electron chi connectivity index (χ3n) is 3.50. The van der Waals surface area contributed by atoms with Gasteiger partial charge >= 0.3 is 0 Å². The molecule has 0 N–H and O–H groups in total. The summed E-state index contributed by atoms with van der Waals surface area (Å²) in [5.74, 6) is 0. The highest BCUT2D eigenvalue weighted by Crippen LogP contribution is 2.13. The van der Waals surface area contributed by atoms with E-state index in [1.807, 2.05) is 0 Å². The Morgan fingerprint density at radius 3 is 1.54 bits per heavy atom. The molecule has 78 valence electrons. The Morgan fingerprint density at radius 1 is 0.769 bits per heavy atom. The number of hydrogen-bond acceptors (Lipinski definition) is 3. The fourth-order valence-electron chi connectivity index (χ4n) is 1.59. The van der Waals surface area contributed by atoms with E-state index in [2.05, 4.69) is 48.3 Å². The molecule has 0 atom stereocenters. The minimum Gasteiger partial charge on any atom is -0.313 e. The van der Waals surface area contributed by atoms with E-state index in [0.717, 1.165) is 0 Å². The normalized spacial score (nSPS) is 28.4. The van der Waals surface area contributed by atoms with Gasteiger partial charge in [0.1, 0.15) is 0 Å². The molecule has 0 radical (unpaired) electrons. The first-order valence-electron chi connectivity index (χ1n) is 5.05. The van der Waals surface area contributed by atoms with Crippen molar-refractivity contribution in [3.05, 3.63) is 0 Å². The highest BCUT2D eigenvalue weighted by Gasteiger charge is 2.32. The van der Waals surface area contributed by atoms with E-state index in [4.69, 9.17) is 0 Å². The van der Waals surface area contributed by atoms with Crippen molar-refractivity contribution < 1.29 is 0 Å². The maximum absolute atomic E-state index is 2.56. The van der Waals surface area contributed by atoms with Crippen LogP contribution in [0.2, 0.25) is 13.1 Å². The van der Waals surface area contributed by atoms with Crippen molar-refractivity contribution in [2.45, 2.75) is 13.1 Å². The zero-order valence-corrected chi connectivity index (χ0v) is 10.7. The third-order valence-corrected chi connectivity index (χ3v) is 7.69. The lowest BCUT2D eigenvalue weighted by molar-refractivity contribution is 0.248. The molecule has 4 heteroatoms. The molecule has 13 heavy (non-hydrogen) atoms. The fourth-order valence-corrected chi connectivity index (χ4v) is 3.47. The Hall–Kier alpha value is 0.0969. The van der Waals surface area contributed by atoms with Crippen LogP contribution in [0.15, 0.2) is 0 Å². The molecular weight excluding hydrogens is 178 g/mol. The van der Waals surface area contributed by atoms with E-state index in [9.17, 15) is 0 Å². The van der Waals surface area contributed by atoms with Gasteiger partial charge in [0.05, 0.1) is 0 Å². The van der Waals surface area contributed by atoms with Crippen molar-refractivity contribution in [2.24, 2.45) is 0 Å². The lowest BCUT2D eigenvalue weighted by atomic mass is 10.5. The van der Waals surface area contributed by atoms with Gasteiger partial charge in [0.2, 0.25) is 0 Å². The highest BCUT2D eigenvalue weighted by molar-refractivity contribution is 6.71. The summed E-state index contributed by atoms with van der Waals surface area (Å²) >= 11 is 0. The molecule has 1 aliphatic rings. The first kappa shape index (κ1) is 11.2. The van der Waals surface area contributed by atoms with Gasteiger partial charge in [-0.15, -0.1) is 0 Å². The molecule has 1 fully saturated rings. The smallest absolute Gasteiger partial charge is 0.200 e. The SMILES string of the molecule is CN1CCN(C)[Si](C)(C)N(C)CC1. The van der Waals surface area contributed by atoms with E-state index in [1.165, 1.54) is 26.2 Å². The van der Waals surface area contributed by atoms with Crippen LogP contribution in [0.3, 0.4) is 0 Å². The van der Waals surface area contributed by atoms with Crippen molar-refractivity contribution in [3.8, 4) is 0 Å². The Labute approximate surface area is 83.5 Å². The Morgan fingerprint density at radius 2 is 1.15 bits per heavy atom. The molecule has 3 nitrogen and oxygen atoms in total. The van der Waals surface area contributed by atoms with E-state index in [-0.39, 0.29) is 0 Å². The molecule has 0 unspecified atom stereocenters. The average Bonchev–Trinajstić information content (AvgIpc) is 2.08. The minimum absolute atomic E-state index is 1.21. The first-order chi connectivity index (χ1) is 5.94. The lowest BCUT2D eigenvalue weighted by Gasteiger charge is -2.44. The average molecular weight is 201 g/mol. The Bertz CT molecular complexity index is 156.